The summed E-state index contributed by atoms with van der Waals surface area (Å²) in [7, 11) is 0. The minimum Gasteiger partial charge on any atom is -0.493 e. The number of hydrogen-bond donors (Lipinski definition) is 1. The number of ether oxygens (including phenoxy) is 1. The highest BCUT2D eigenvalue weighted by Gasteiger charge is 2.36. The maximum absolute atomic E-state index is 10.9. The Morgan fingerprint density at radius 3 is 2.68 bits per heavy atom. The van der Waals surface area contributed by atoms with Gasteiger partial charge in [-0.3, -0.25) is 0 Å². The third kappa shape index (κ3) is 3.63. The molecule has 0 saturated carbocycles. The first-order chi connectivity index (χ1) is 12.1. The summed E-state index contributed by atoms with van der Waals surface area (Å²) in [6, 6.07) is 9.12. The predicted octanol–water partition coefficient (Wildman–Crippen LogP) is 3.84. The van der Waals surface area contributed by atoms with E-state index in [-0.39, 0.29) is 9.64 Å². The number of carbonyl (C=O) groups is 1. The molecule has 0 spiro atoms. The van der Waals surface area contributed by atoms with Crippen LogP contribution in [0.4, 0.5) is 0 Å². The minimum atomic E-state index is -0.993. The molecule has 1 N–H and O–H groups in total. The lowest BCUT2D eigenvalue weighted by Gasteiger charge is -2.36. The van der Waals surface area contributed by atoms with Crippen molar-refractivity contribution in [1.29, 1.82) is 0 Å². The van der Waals surface area contributed by atoms with E-state index in [0.717, 1.165) is 24.3 Å². The molecule has 0 atom stereocenters. The average Bonchev–Trinajstić information content (AvgIpc) is 2.66. The SMILES string of the molecule is CSC1(SC)CCOc2ccc(C#Cc3ccc(C(=O)O)cn3)cc21. The predicted molar refractivity (Wildman–Crippen MR) is 102 cm³/mol. The number of rotatable bonds is 3. The number of thioether (sulfide) groups is 2. The Balaban J connectivity index is 1.91. The monoisotopic (exact) mass is 371 g/mol. The van der Waals surface area contributed by atoms with E-state index < -0.39 is 5.97 Å². The first-order valence-electron chi connectivity index (χ1n) is 7.67. The number of carboxylic acid groups (broad SMARTS) is 1. The van der Waals surface area contributed by atoms with Gasteiger partial charge in [0.15, 0.2) is 0 Å². The highest BCUT2D eigenvalue weighted by molar-refractivity contribution is 8.16. The quantitative estimate of drug-likeness (QED) is 0.653. The van der Waals surface area contributed by atoms with Crippen molar-refractivity contribution < 1.29 is 14.6 Å². The molecule has 0 radical (unpaired) electrons. The Bertz CT molecular complexity index is 849. The smallest absolute Gasteiger partial charge is 0.337 e. The number of nitrogens with zero attached hydrogens (tertiary/aromatic N) is 1. The van der Waals surface area contributed by atoms with Crippen LogP contribution in [0, 0.1) is 11.8 Å². The molecule has 2 heterocycles. The molecule has 0 amide bonds. The van der Waals surface area contributed by atoms with Gasteiger partial charge in [0.05, 0.1) is 16.2 Å². The summed E-state index contributed by atoms with van der Waals surface area (Å²) in [5, 5.41) is 8.90. The van der Waals surface area contributed by atoms with Crippen molar-refractivity contribution >= 4 is 29.5 Å². The van der Waals surface area contributed by atoms with Crippen LogP contribution in [0.15, 0.2) is 36.5 Å². The van der Waals surface area contributed by atoms with E-state index in [0.29, 0.717) is 5.69 Å². The summed E-state index contributed by atoms with van der Waals surface area (Å²) in [5.41, 5.74) is 2.75. The molecular weight excluding hydrogens is 354 g/mol. The molecule has 3 rings (SSSR count). The van der Waals surface area contributed by atoms with Gasteiger partial charge in [-0.2, -0.15) is 0 Å². The van der Waals surface area contributed by atoms with Crippen molar-refractivity contribution in [3.63, 3.8) is 0 Å². The van der Waals surface area contributed by atoms with Crippen LogP contribution in [0.25, 0.3) is 0 Å². The molecule has 1 aliphatic heterocycles. The van der Waals surface area contributed by atoms with Crippen molar-refractivity contribution in [2.24, 2.45) is 0 Å². The second-order valence-corrected chi connectivity index (χ2v) is 7.93. The van der Waals surface area contributed by atoms with E-state index in [1.54, 1.807) is 6.07 Å². The zero-order chi connectivity index (χ0) is 17.9. The third-order valence-electron chi connectivity index (χ3n) is 4.08. The van der Waals surface area contributed by atoms with E-state index >= 15 is 0 Å². The fourth-order valence-corrected chi connectivity index (χ4v) is 4.70. The van der Waals surface area contributed by atoms with Gasteiger partial charge >= 0.3 is 5.97 Å². The zero-order valence-electron chi connectivity index (χ0n) is 13.9. The maximum atomic E-state index is 10.9. The summed E-state index contributed by atoms with van der Waals surface area (Å²) in [6.07, 6.45) is 6.52. The normalized spacial score (nSPS) is 14.6. The number of aromatic nitrogens is 1. The number of fused-ring (bicyclic) bond motifs is 1. The van der Waals surface area contributed by atoms with Gasteiger partial charge in [-0.25, -0.2) is 9.78 Å². The second-order valence-electron chi connectivity index (χ2n) is 5.46. The molecule has 128 valence electrons. The van der Waals surface area contributed by atoms with Crippen LogP contribution in [0.2, 0.25) is 0 Å². The maximum Gasteiger partial charge on any atom is 0.337 e. The largest absolute Gasteiger partial charge is 0.493 e. The van der Waals surface area contributed by atoms with E-state index in [1.807, 2.05) is 35.7 Å². The first kappa shape index (κ1) is 17.7. The number of pyridine rings is 1. The number of benzene rings is 1. The average molecular weight is 371 g/mol. The Labute approximate surface area is 155 Å². The molecule has 1 aromatic heterocycles. The van der Waals surface area contributed by atoms with Crippen LogP contribution >= 0.6 is 23.5 Å². The van der Waals surface area contributed by atoms with Gasteiger partial charge in [-0.15, -0.1) is 23.5 Å². The Kier molecular flexibility index (Phi) is 5.26. The number of hydrogen-bond acceptors (Lipinski definition) is 5. The van der Waals surface area contributed by atoms with Gasteiger partial charge in [0.25, 0.3) is 0 Å². The Hall–Kier alpha value is -2.10. The van der Waals surface area contributed by atoms with Crippen molar-refractivity contribution in [1.82, 2.24) is 4.98 Å². The van der Waals surface area contributed by atoms with Gasteiger partial charge in [-0.1, -0.05) is 5.92 Å². The molecule has 0 saturated heterocycles. The van der Waals surface area contributed by atoms with Gasteiger partial charge in [0.2, 0.25) is 0 Å². The van der Waals surface area contributed by atoms with Crippen LogP contribution in [0.3, 0.4) is 0 Å². The highest BCUT2D eigenvalue weighted by Crippen LogP contribution is 2.52. The molecular formula is C19H17NO3S2. The molecule has 6 heteroatoms. The summed E-state index contributed by atoms with van der Waals surface area (Å²) in [4.78, 5) is 14.9. The van der Waals surface area contributed by atoms with Crippen molar-refractivity contribution in [3.05, 3.63) is 58.9 Å². The molecule has 0 aliphatic carbocycles. The van der Waals surface area contributed by atoms with Crippen LogP contribution in [0.1, 0.15) is 33.6 Å². The van der Waals surface area contributed by atoms with Gasteiger partial charge in [-0.05, 0) is 48.8 Å². The summed E-state index contributed by atoms with van der Waals surface area (Å²) in [6.45, 7) is 0.722. The van der Waals surface area contributed by atoms with Gasteiger partial charge in [0.1, 0.15) is 11.4 Å². The van der Waals surface area contributed by atoms with E-state index in [4.69, 9.17) is 9.84 Å². The lowest BCUT2D eigenvalue weighted by molar-refractivity contribution is 0.0696. The van der Waals surface area contributed by atoms with Crippen LogP contribution in [-0.2, 0) is 4.08 Å². The van der Waals surface area contributed by atoms with Crippen LogP contribution in [-0.4, -0.2) is 35.2 Å². The molecule has 0 fully saturated rings. The summed E-state index contributed by atoms with van der Waals surface area (Å²) < 4.78 is 5.79. The topological polar surface area (TPSA) is 59.4 Å². The molecule has 25 heavy (non-hydrogen) atoms. The molecule has 0 bridgehead atoms. The van der Waals surface area contributed by atoms with Crippen molar-refractivity contribution in [2.75, 3.05) is 19.1 Å². The fourth-order valence-electron chi connectivity index (χ4n) is 2.70. The Morgan fingerprint density at radius 1 is 1.24 bits per heavy atom. The zero-order valence-corrected chi connectivity index (χ0v) is 15.5. The minimum absolute atomic E-state index is 0.00728. The van der Waals surface area contributed by atoms with Crippen LogP contribution in [0.5, 0.6) is 5.75 Å². The lowest BCUT2D eigenvalue weighted by atomic mass is 10.0. The number of aromatic carboxylic acids is 1. The Morgan fingerprint density at radius 2 is 2.04 bits per heavy atom. The molecule has 0 unspecified atom stereocenters. The van der Waals surface area contributed by atoms with E-state index in [1.165, 1.54) is 17.8 Å². The summed E-state index contributed by atoms with van der Waals surface area (Å²) >= 11 is 3.66. The van der Waals surface area contributed by atoms with Crippen molar-refractivity contribution in [2.45, 2.75) is 10.5 Å². The highest BCUT2D eigenvalue weighted by atomic mass is 32.2. The van der Waals surface area contributed by atoms with Crippen molar-refractivity contribution in [3.8, 4) is 17.6 Å². The fraction of sp³-hybridized carbons (Fsp3) is 0.263. The molecule has 1 aliphatic rings. The van der Waals surface area contributed by atoms with E-state index in [9.17, 15) is 4.79 Å². The van der Waals surface area contributed by atoms with Gasteiger partial charge in [0, 0.05) is 23.7 Å². The standard InChI is InChI=1S/C19H17NO3S2/c1-24-19(25-2)9-10-23-17-8-4-13(11-16(17)19)3-6-15-7-5-14(12-20-15)18(21)22/h4-5,7-8,11-12H,9-10H2,1-2H3,(H,21,22). The summed E-state index contributed by atoms with van der Waals surface area (Å²) in [5.74, 6) is 6.03. The molecule has 2 aromatic rings. The third-order valence-corrected chi connectivity index (χ3v) is 7.25. The first-order valence-corrected chi connectivity index (χ1v) is 10.1. The van der Waals surface area contributed by atoms with Gasteiger partial charge < -0.3 is 9.84 Å². The lowest BCUT2D eigenvalue weighted by Crippen LogP contribution is -2.26. The van der Waals surface area contributed by atoms with E-state index in [2.05, 4.69) is 35.4 Å². The number of carboxylic acids is 1. The molecule has 1 aromatic carbocycles. The second kappa shape index (κ2) is 7.42. The van der Waals surface area contributed by atoms with Crippen LogP contribution < -0.4 is 4.74 Å². The molecule has 4 nitrogen and oxygen atoms in total.